The smallest absolute Gasteiger partial charge is 0.321 e. The topological polar surface area (TPSA) is 80.7 Å². The predicted molar refractivity (Wildman–Crippen MR) is 67.3 cm³/mol. The minimum absolute atomic E-state index is 0.154. The number of nitrogens with two attached hydrogens (primary N) is 1. The summed E-state index contributed by atoms with van der Waals surface area (Å²) < 4.78 is 11.6. The van der Waals surface area contributed by atoms with Crippen LogP contribution in [0.5, 0.6) is 0 Å². The number of aryl methyl sites for hydroxylation is 1. The molecule has 5 rings (SSSR count). The van der Waals surface area contributed by atoms with Crippen LogP contribution in [0.2, 0.25) is 0 Å². The summed E-state index contributed by atoms with van der Waals surface area (Å²) in [4.78, 5) is 4.36. The van der Waals surface area contributed by atoms with E-state index < -0.39 is 6.35 Å². The van der Waals surface area contributed by atoms with Gasteiger partial charge in [0.2, 0.25) is 5.89 Å². The first kappa shape index (κ1) is 11.6. The number of hydrogen-bond donors (Lipinski definition) is 1. The quantitative estimate of drug-likeness (QED) is 0.760. The molecule has 0 amide bonds. The van der Waals surface area contributed by atoms with Crippen molar-refractivity contribution < 1.29 is 9.15 Å². The summed E-state index contributed by atoms with van der Waals surface area (Å²) in [6.45, 7) is 5.87. The van der Waals surface area contributed by atoms with Gasteiger partial charge in [0.1, 0.15) is 5.60 Å². The second kappa shape index (κ2) is 3.91. The third-order valence-corrected chi connectivity index (χ3v) is 4.68. The van der Waals surface area contributed by atoms with Crippen LogP contribution in [0.15, 0.2) is 4.42 Å². The Morgan fingerprint density at radius 2 is 2.05 bits per heavy atom. The van der Waals surface area contributed by atoms with E-state index in [4.69, 9.17) is 14.9 Å². The molecule has 4 aliphatic heterocycles. The van der Waals surface area contributed by atoms with Gasteiger partial charge in [-0.15, -0.1) is 5.10 Å². The zero-order chi connectivity index (χ0) is 13.0. The molecule has 5 heterocycles. The van der Waals surface area contributed by atoms with Gasteiger partial charge in [0, 0.05) is 13.5 Å². The van der Waals surface area contributed by atoms with Crippen LogP contribution in [0, 0.1) is 12.8 Å². The summed E-state index contributed by atoms with van der Waals surface area (Å²) in [6, 6.07) is 0.471. The normalized spacial score (nSPS) is 41.4. The molecule has 0 saturated carbocycles. The Balaban J connectivity index is 1.61. The van der Waals surface area contributed by atoms with E-state index in [9.17, 15) is 0 Å². The molecule has 2 N–H and O–H groups in total. The molecule has 7 nitrogen and oxygen atoms in total. The van der Waals surface area contributed by atoms with Gasteiger partial charge >= 0.3 is 6.01 Å². The Morgan fingerprint density at radius 1 is 1.26 bits per heavy atom. The third-order valence-electron chi connectivity index (χ3n) is 4.68. The zero-order valence-corrected chi connectivity index (χ0v) is 11.1. The number of fused-ring (bicyclic) bond motifs is 2. The van der Waals surface area contributed by atoms with Gasteiger partial charge in [-0.2, -0.15) is 0 Å². The summed E-state index contributed by atoms with van der Waals surface area (Å²) >= 11 is 0. The number of ether oxygens (including phenoxy) is 1. The maximum absolute atomic E-state index is 6.13. The highest BCUT2D eigenvalue weighted by Crippen LogP contribution is 2.43. The molecule has 4 aliphatic rings. The van der Waals surface area contributed by atoms with Crippen LogP contribution >= 0.6 is 0 Å². The fourth-order valence-corrected chi connectivity index (χ4v) is 3.74. The van der Waals surface area contributed by atoms with Gasteiger partial charge in [-0.25, -0.2) is 0 Å². The van der Waals surface area contributed by atoms with Crippen molar-refractivity contribution in [1.29, 1.82) is 0 Å². The van der Waals surface area contributed by atoms with Crippen LogP contribution in [0.3, 0.4) is 0 Å². The van der Waals surface area contributed by atoms with Gasteiger partial charge in [0.15, 0.2) is 6.35 Å². The molecule has 1 spiro atoms. The monoisotopic (exact) mass is 265 g/mol. The first-order chi connectivity index (χ1) is 9.16. The fraction of sp³-hybridized carbons (Fsp3) is 0.833. The van der Waals surface area contributed by atoms with Crippen molar-refractivity contribution >= 4 is 6.01 Å². The summed E-state index contributed by atoms with van der Waals surface area (Å²) in [5, 5.41) is 7.92. The van der Waals surface area contributed by atoms with E-state index in [-0.39, 0.29) is 5.60 Å². The van der Waals surface area contributed by atoms with Crippen LogP contribution in [-0.4, -0.2) is 53.2 Å². The Morgan fingerprint density at radius 3 is 2.63 bits per heavy atom. The third kappa shape index (κ3) is 1.69. The fourth-order valence-electron chi connectivity index (χ4n) is 3.74. The average molecular weight is 265 g/mol. The number of anilines is 1. The van der Waals surface area contributed by atoms with Crippen molar-refractivity contribution in [3.63, 3.8) is 0 Å². The summed E-state index contributed by atoms with van der Waals surface area (Å²) in [7, 11) is 0. The minimum Gasteiger partial charge on any atom is -0.408 e. The second-order valence-corrected chi connectivity index (χ2v) is 5.86. The molecule has 4 fully saturated rings. The number of hydrogen-bond acceptors (Lipinski definition) is 7. The van der Waals surface area contributed by atoms with Crippen LogP contribution in [0.4, 0.5) is 6.01 Å². The van der Waals surface area contributed by atoms with Crippen molar-refractivity contribution in [1.82, 2.24) is 15.1 Å². The highest BCUT2D eigenvalue weighted by atomic mass is 16.6. The van der Waals surface area contributed by atoms with Gasteiger partial charge in [0.05, 0.1) is 6.54 Å². The van der Waals surface area contributed by atoms with E-state index in [2.05, 4.69) is 15.1 Å². The van der Waals surface area contributed by atoms with Crippen molar-refractivity contribution in [2.24, 2.45) is 11.7 Å². The SMILES string of the molecule is Cc1nnc(N2CC3(CN4CCC3CC4)OC2N)o1. The van der Waals surface area contributed by atoms with E-state index in [1.54, 1.807) is 6.92 Å². The standard InChI is InChI=1S/C12H19N5O2/c1-8-14-15-11(18-8)17-7-12(19-10(17)13)6-16-4-2-9(12)3-5-16/h9-10H,2-7,13H2,1H3. The number of piperidine rings is 3. The molecule has 104 valence electrons. The first-order valence-electron chi connectivity index (χ1n) is 6.89. The Labute approximate surface area is 111 Å². The molecule has 4 saturated heterocycles. The van der Waals surface area contributed by atoms with Gasteiger partial charge in [-0.3, -0.25) is 10.6 Å². The molecule has 0 aromatic carbocycles. The first-order valence-corrected chi connectivity index (χ1v) is 6.89. The Kier molecular flexibility index (Phi) is 2.39. The Hall–Kier alpha value is -1.18. The lowest BCUT2D eigenvalue weighted by atomic mass is 9.75. The number of nitrogens with zero attached hydrogens (tertiary/aromatic N) is 4. The largest absolute Gasteiger partial charge is 0.408 e. The molecule has 2 bridgehead atoms. The van der Waals surface area contributed by atoms with Gasteiger partial charge in [-0.05, 0) is 31.8 Å². The molecule has 0 radical (unpaired) electrons. The van der Waals surface area contributed by atoms with Crippen molar-refractivity contribution in [3.05, 3.63) is 5.89 Å². The van der Waals surface area contributed by atoms with Gasteiger partial charge in [-0.1, -0.05) is 5.10 Å². The summed E-state index contributed by atoms with van der Waals surface area (Å²) in [5.41, 5.74) is 5.96. The lowest BCUT2D eigenvalue weighted by Crippen LogP contribution is -2.61. The predicted octanol–water partition coefficient (Wildman–Crippen LogP) is -0.0787. The van der Waals surface area contributed by atoms with Crippen molar-refractivity contribution in [3.8, 4) is 0 Å². The molecular weight excluding hydrogens is 246 g/mol. The molecule has 0 aliphatic carbocycles. The zero-order valence-electron chi connectivity index (χ0n) is 11.1. The van der Waals surface area contributed by atoms with E-state index in [0.717, 1.165) is 13.1 Å². The van der Waals surface area contributed by atoms with Crippen molar-refractivity contribution in [2.45, 2.75) is 31.7 Å². The summed E-state index contributed by atoms with van der Waals surface area (Å²) in [5.74, 6) is 1.15. The van der Waals surface area contributed by atoms with Crippen molar-refractivity contribution in [2.75, 3.05) is 31.1 Å². The maximum Gasteiger partial charge on any atom is 0.321 e. The Bertz CT molecular complexity index is 484. The van der Waals surface area contributed by atoms with Crippen LogP contribution in [0.25, 0.3) is 0 Å². The van der Waals surface area contributed by atoms with E-state index >= 15 is 0 Å². The molecule has 7 heteroatoms. The molecule has 1 aromatic rings. The maximum atomic E-state index is 6.13. The second-order valence-electron chi connectivity index (χ2n) is 5.86. The average Bonchev–Trinajstić information content (AvgIpc) is 2.95. The molecule has 19 heavy (non-hydrogen) atoms. The lowest BCUT2D eigenvalue weighted by molar-refractivity contribution is -0.137. The molecule has 1 aromatic heterocycles. The van der Waals surface area contributed by atoms with Crippen LogP contribution in [-0.2, 0) is 4.74 Å². The molecule has 2 atom stereocenters. The minimum atomic E-state index is -0.486. The van der Waals surface area contributed by atoms with Crippen LogP contribution < -0.4 is 10.6 Å². The van der Waals surface area contributed by atoms with E-state index in [1.165, 1.54) is 25.9 Å². The summed E-state index contributed by atoms with van der Waals surface area (Å²) in [6.07, 6.45) is 1.91. The van der Waals surface area contributed by atoms with E-state index in [0.29, 0.717) is 17.8 Å². The van der Waals surface area contributed by atoms with Gasteiger partial charge < -0.3 is 14.1 Å². The molecular formula is C12H19N5O2. The number of rotatable bonds is 1. The number of aromatic nitrogens is 2. The van der Waals surface area contributed by atoms with E-state index in [1.807, 2.05) is 4.90 Å². The van der Waals surface area contributed by atoms with Crippen LogP contribution in [0.1, 0.15) is 18.7 Å². The highest BCUT2D eigenvalue weighted by Gasteiger charge is 2.55. The lowest BCUT2D eigenvalue weighted by Gasteiger charge is -2.50. The molecule has 2 unspecified atom stereocenters. The van der Waals surface area contributed by atoms with Gasteiger partial charge in [0.25, 0.3) is 0 Å². The highest BCUT2D eigenvalue weighted by molar-refractivity contribution is 5.30.